The standard InChI is InChI=1S/C39H51ClN4O6S/c1-25-6-4-8-35(49-3)32-12-9-29(32)20-44-23-39(15-5-7-27-18-30(40)11-13-33(27)39)24-50-36-14-10-28(19-34(36)44)37(45)42-51(47,22-25)43-38(46)41-31-16-26(17-31)21-48-2/h4,8,10-11,13-14,18-19,25-26,29,31-32,35H,5-7,9,12,15-17,20-24H2,1-3H3,(H2,41,42,43,45,46,47)/b8-4+/t25-,26-,29-,31+,32+,35-,39-,51-/m0/s1. The number of amides is 3. The van der Waals surface area contributed by atoms with Crippen molar-refractivity contribution in [3.63, 3.8) is 0 Å². The number of nitrogens with one attached hydrogen (secondary N) is 2. The third kappa shape index (κ3) is 7.82. The van der Waals surface area contributed by atoms with Crippen LogP contribution in [-0.4, -0.2) is 74.6 Å². The van der Waals surface area contributed by atoms with E-state index in [0.29, 0.717) is 48.7 Å². The molecule has 7 rings (SSSR count). The van der Waals surface area contributed by atoms with Crippen LogP contribution in [0, 0.1) is 23.7 Å². The normalized spacial score (nSPS) is 34.0. The van der Waals surface area contributed by atoms with E-state index >= 15 is 0 Å². The topological polar surface area (TPSA) is 119 Å². The van der Waals surface area contributed by atoms with Gasteiger partial charge in [0.1, 0.15) is 15.7 Å². The molecular formula is C39H51ClN4O6S. The van der Waals surface area contributed by atoms with Crippen LogP contribution in [0.2, 0.25) is 5.02 Å². The van der Waals surface area contributed by atoms with Crippen LogP contribution in [0.5, 0.6) is 5.75 Å². The SMILES string of the molecule is COC[C@H]1C[C@@H](NC(=O)N[S@@]2(=O)=NC(=O)c3ccc4c(c3)N(C[C@@H]3CC[C@H]3[C@@H](OC)/C=C/C[C@H](C)C2)C[C@@]2(CCCc3cc(Cl)ccc32)CO4)C1. The predicted octanol–water partition coefficient (Wildman–Crippen LogP) is 6.70. The average Bonchev–Trinajstić information content (AvgIpc) is 3.21. The molecule has 5 aliphatic rings. The van der Waals surface area contributed by atoms with Crippen LogP contribution in [-0.2, 0) is 31.2 Å². The highest BCUT2D eigenvalue weighted by Gasteiger charge is 2.44. The highest BCUT2D eigenvalue weighted by molar-refractivity contribution is 7.92. The van der Waals surface area contributed by atoms with Crippen molar-refractivity contribution in [3.05, 3.63) is 70.3 Å². The van der Waals surface area contributed by atoms with E-state index in [2.05, 4.69) is 43.6 Å². The van der Waals surface area contributed by atoms with E-state index in [1.54, 1.807) is 20.3 Å². The maximum absolute atomic E-state index is 14.4. The zero-order valence-electron chi connectivity index (χ0n) is 29.9. The quantitative estimate of drug-likeness (QED) is 0.328. The van der Waals surface area contributed by atoms with Crippen molar-refractivity contribution in [2.75, 3.05) is 51.2 Å². The highest BCUT2D eigenvalue weighted by Crippen LogP contribution is 2.47. The molecule has 2 heterocycles. The maximum Gasteiger partial charge on any atom is 0.327 e. The number of urea groups is 1. The van der Waals surface area contributed by atoms with Crippen LogP contribution < -0.4 is 19.7 Å². The largest absolute Gasteiger partial charge is 0.490 e. The number of allylic oxidation sites excluding steroid dienone is 1. The number of fused-ring (bicyclic) bond motifs is 4. The molecule has 2 saturated carbocycles. The van der Waals surface area contributed by atoms with Crippen molar-refractivity contribution < 1.29 is 28.0 Å². The van der Waals surface area contributed by atoms with E-state index in [4.69, 9.17) is 25.8 Å². The smallest absolute Gasteiger partial charge is 0.327 e. The molecule has 51 heavy (non-hydrogen) atoms. The average molecular weight is 739 g/mol. The second kappa shape index (κ2) is 15.1. The van der Waals surface area contributed by atoms with E-state index in [1.807, 2.05) is 25.1 Å². The number of ether oxygens (including phenoxy) is 3. The van der Waals surface area contributed by atoms with E-state index in [1.165, 1.54) is 11.1 Å². The number of carbonyl (C=O) groups excluding carboxylic acids is 2. The Hall–Kier alpha value is -3.12. The number of aryl methyl sites for hydroxylation is 1. The summed E-state index contributed by atoms with van der Waals surface area (Å²) in [5, 5.41) is 3.66. The Labute approximate surface area is 307 Å². The van der Waals surface area contributed by atoms with Crippen molar-refractivity contribution in [1.82, 2.24) is 10.0 Å². The van der Waals surface area contributed by atoms with Crippen molar-refractivity contribution >= 4 is 39.1 Å². The first-order valence-corrected chi connectivity index (χ1v) is 20.5. The summed E-state index contributed by atoms with van der Waals surface area (Å²) in [6.07, 6.45) is 11.5. The fraction of sp³-hybridized carbons (Fsp3) is 0.590. The summed E-state index contributed by atoms with van der Waals surface area (Å²) in [5.74, 6) is 1.13. The van der Waals surface area contributed by atoms with Gasteiger partial charge in [0.25, 0.3) is 5.91 Å². The number of hydrogen-bond acceptors (Lipinski definition) is 7. The van der Waals surface area contributed by atoms with Crippen LogP contribution in [0.25, 0.3) is 0 Å². The molecule has 0 unspecified atom stereocenters. The Morgan fingerprint density at radius 3 is 2.78 bits per heavy atom. The first-order chi connectivity index (χ1) is 24.6. The van der Waals surface area contributed by atoms with Crippen LogP contribution >= 0.6 is 11.6 Å². The summed E-state index contributed by atoms with van der Waals surface area (Å²) in [7, 11) is -0.0407. The third-order valence-electron chi connectivity index (χ3n) is 11.7. The molecule has 3 aliphatic carbocycles. The molecule has 6 atom stereocenters. The van der Waals surface area contributed by atoms with E-state index in [-0.39, 0.29) is 29.2 Å². The van der Waals surface area contributed by atoms with Crippen molar-refractivity contribution in [2.24, 2.45) is 28.0 Å². The van der Waals surface area contributed by atoms with Gasteiger partial charge in [0.05, 0.1) is 24.2 Å². The minimum atomic E-state index is -3.48. The zero-order chi connectivity index (χ0) is 35.8. The molecule has 2 aromatic rings. The maximum atomic E-state index is 14.4. The molecular weight excluding hydrogens is 688 g/mol. The van der Waals surface area contributed by atoms with E-state index in [0.717, 1.165) is 68.7 Å². The molecule has 0 aromatic heterocycles. The second-order valence-electron chi connectivity index (χ2n) is 15.5. The number of halogens is 1. The number of carbonyl (C=O) groups is 2. The lowest BCUT2D eigenvalue weighted by atomic mass is 9.68. The number of rotatable bonds is 5. The molecule has 3 amide bonds. The fourth-order valence-electron chi connectivity index (χ4n) is 8.95. The second-order valence-corrected chi connectivity index (χ2v) is 18.0. The molecule has 1 spiro atoms. The lowest BCUT2D eigenvalue weighted by Crippen LogP contribution is -2.51. The third-order valence-corrected chi connectivity index (χ3v) is 14.0. The minimum absolute atomic E-state index is 0.0310. The summed E-state index contributed by atoms with van der Waals surface area (Å²) >= 11 is 6.46. The summed E-state index contributed by atoms with van der Waals surface area (Å²) in [6.45, 7) is 4.63. The lowest BCUT2D eigenvalue weighted by Gasteiger charge is -2.46. The first-order valence-electron chi connectivity index (χ1n) is 18.4. The van der Waals surface area contributed by atoms with Crippen molar-refractivity contribution in [3.8, 4) is 5.75 Å². The Morgan fingerprint density at radius 1 is 1.18 bits per heavy atom. The van der Waals surface area contributed by atoms with Gasteiger partial charge in [-0.05, 0) is 116 Å². The van der Waals surface area contributed by atoms with Gasteiger partial charge in [-0.2, -0.15) is 0 Å². The molecule has 2 bridgehead atoms. The lowest BCUT2D eigenvalue weighted by molar-refractivity contribution is 0.0131. The Kier molecular flexibility index (Phi) is 10.7. The summed E-state index contributed by atoms with van der Waals surface area (Å²) in [6, 6.07) is 11.0. The Bertz CT molecular complexity index is 1790. The molecule has 2 aromatic carbocycles. The van der Waals surface area contributed by atoms with E-state index < -0.39 is 21.9 Å². The van der Waals surface area contributed by atoms with Gasteiger partial charge in [0.2, 0.25) is 0 Å². The van der Waals surface area contributed by atoms with Gasteiger partial charge >= 0.3 is 6.03 Å². The highest BCUT2D eigenvalue weighted by atomic mass is 35.5. The molecule has 2 aliphatic heterocycles. The van der Waals surface area contributed by atoms with Gasteiger partial charge in [0.15, 0.2) is 0 Å². The Balaban J connectivity index is 1.24. The van der Waals surface area contributed by atoms with Crippen LogP contribution in [0.4, 0.5) is 10.5 Å². The monoisotopic (exact) mass is 738 g/mol. The molecule has 10 nitrogen and oxygen atoms in total. The van der Waals surface area contributed by atoms with E-state index in [9.17, 15) is 13.8 Å². The number of anilines is 1. The first kappa shape index (κ1) is 36.2. The van der Waals surface area contributed by atoms with Gasteiger partial charge in [0, 0.05) is 56.0 Å². The predicted molar refractivity (Wildman–Crippen MR) is 200 cm³/mol. The molecule has 2 fully saturated rings. The van der Waals surface area contributed by atoms with Gasteiger partial charge in [-0.1, -0.05) is 36.7 Å². The van der Waals surface area contributed by atoms with Crippen molar-refractivity contribution in [2.45, 2.75) is 75.9 Å². The van der Waals surface area contributed by atoms with Crippen LogP contribution in [0.3, 0.4) is 0 Å². The summed E-state index contributed by atoms with van der Waals surface area (Å²) < 4.78 is 39.3. The fourth-order valence-corrected chi connectivity index (χ4v) is 11.0. The Morgan fingerprint density at radius 2 is 2.02 bits per heavy atom. The summed E-state index contributed by atoms with van der Waals surface area (Å²) in [4.78, 5) is 29.5. The molecule has 0 radical (unpaired) electrons. The number of hydrogen-bond donors (Lipinski definition) is 2. The minimum Gasteiger partial charge on any atom is -0.490 e. The van der Waals surface area contributed by atoms with Gasteiger partial charge in [-0.15, -0.1) is 4.36 Å². The number of nitrogens with zero attached hydrogens (tertiary/aromatic N) is 2. The van der Waals surface area contributed by atoms with Crippen molar-refractivity contribution in [1.29, 1.82) is 0 Å². The number of benzene rings is 2. The molecule has 0 saturated heterocycles. The summed E-state index contributed by atoms with van der Waals surface area (Å²) in [5.41, 5.74) is 3.44. The van der Waals surface area contributed by atoms with Gasteiger partial charge in [-0.3, -0.25) is 9.52 Å². The number of methoxy groups -OCH3 is 2. The molecule has 276 valence electrons. The van der Waals surface area contributed by atoms with Gasteiger partial charge < -0.3 is 24.4 Å². The molecule has 2 N–H and O–H groups in total. The van der Waals surface area contributed by atoms with Crippen LogP contribution in [0.15, 0.2) is 52.9 Å². The molecule has 12 heteroatoms. The van der Waals surface area contributed by atoms with Crippen LogP contribution in [0.1, 0.15) is 73.4 Å². The van der Waals surface area contributed by atoms with Gasteiger partial charge in [-0.25, -0.2) is 9.00 Å². The zero-order valence-corrected chi connectivity index (χ0v) is 31.5.